The van der Waals surface area contributed by atoms with Gasteiger partial charge in [-0.25, -0.2) is 4.79 Å². The highest BCUT2D eigenvalue weighted by Crippen LogP contribution is 2.15. The number of rotatable bonds is 3. The number of likely N-dealkylation sites (N-methyl/N-ethyl adjacent to an activating group) is 1. The quantitative estimate of drug-likeness (QED) is 0.758. The monoisotopic (exact) mass is 252 g/mol. The predicted molar refractivity (Wildman–Crippen MR) is 69.5 cm³/mol. The van der Waals surface area contributed by atoms with E-state index in [2.05, 4.69) is 16.9 Å². The van der Waals surface area contributed by atoms with Gasteiger partial charge in [0.15, 0.2) is 0 Å². The molecule has 1 aromatic rings. The van der Waals surface area contributed by atoms with Crippen molar-refractivity contribution >= 4 is 0 Å². The van der Waals surface area contributed by atoms with Crippen LogP contribution in [0.5, 0.6) is 0 Å². The summed E-state index contributed by atoms with van der Waals surface area (Å²) in [5.41, 5.74) is 5.21. The summed E-state index contributed by atoms with van der Waals surface area (Å²) >= 11 is 0. The summed E-state index contributed by atoms with van der Waals surface area (Å²) in [6, 6.07) is 0.355. The lowest BCUT2D eigenvalue weighted by Gasteiger charge is -2.32. The zero-order valence-corrected chi connectivity index (χ0v) is 10.7. The van der Waals surface area contributed by atoms with Gasteiger partial charge in [-0.15, -0.1) is 0 Å². The van der Waals surface area contributed by atoms with Gasteiger partial charge >= 0.3 is 5.69 Å². The topological polar surface area (TPSA) is 84.1 Å². The second-order valence-corrected chi connectivity index (χ2v) is 4.90. The van der Waals surface area contributed by atoms with E-state index in [1.807, 2.05) is 0 Å². The molecule has 1 unspecified atom stereocenters. The molecule has 1 aliphatic rings. The molecule has 6 heteroatoms. The summed E-state index contributed by atoms with van der Waals surface area (Å²) in [7, 11) is 2.07. The van der Waals surface area contributed by atoms with E-state index < -0.39 is 0 Å². The first kappa shape index (κ1) is 13.0. The first-order chi connectivity index (χ1) is 8.61. The molecule has 1 aromatic heterocycles. The van der Waals surface area contributed by atoms with Crippen LogP contribution in [-0.2, 0) is 13.1 Å². The van der Waals surface area contributed by atoms with Crippen LogP contribution in [0.25, 0.3) is 0 Å². The minimum Gasteiger partial charge on any atom is -0.326 e. The van der Waals surface area contributed by atoms with Crippen LogP contribution in [0.1, 0.15) is 24.8 Å². The Labute approximate surface area is 105 Å². The van der Waals surface area contributed by atoms with E-state index in [1.165, 1.54) is 12.8 Å². The summed E-state index contributed by atoms with van der Waals surface area (Å²) < 4.78 is 1.57. The van der Waals surface area contributed by atoms with Gasteiger partial charge in [0.2, 0.25) is 0 Å². The molecule has 0 aromatic carbocycles. The number of nitrogens with two attached hydrogens (primary N) is 1. The molecule has 2 rings (SSSR count). The van der Waals surface area contributed by atoms with Crippen LogP contribution in [0.2, 0.25) is 0 Å². The molecule has 0 aliphatic carbocycles. The average molecular weight is 252 g/mol. The van der Waals surface area contributed by atoms with Crippen molar-refractivity contribution < 1.29 is 0 Å². The Hall–Kier alpha value is -1.40. The molecule has 0 amide bonds. The standard InChI is InChI=1S/C12H20N4O2/c1-15-5-3-2-4-10(15)8-16-7-9(6-13)11(17)14-12(16)18/h7,10H,2-6,8,13H2,1H3,(H,14,17,18). The fraction of sp³-hybridized carbons (Fsp3) is 0.667. The normalized spacial score (nSPS) is 21.1. The molecule has 0 radical (unpaired) electrons. The lowest BCUT2D eigenvalue weighted by Crippen LogP contribution is -2.43. The summed E-state index contributed by atoms with van der Waals surface area (Å²) in [6.45, 7) is 1.82. The second kappa shape index (κ2) is 5.49. The molecule has 1 aliphatic heterocycles. The number of hydrogen-bond acceptors (Lipinski definition) is 4. The molecular formula is C12H20N4O2. The molecule has 1 saturated heterocycles. The summed E-state index contributed by atoms with van der Waals surface area (Å²) in [6.07, 6.45) is 5.07. The number of aromatic amines is 1. The van der Waals surface area contributed by atoms with Crippen LogP contribution in [0.15, 0.2) is 15.8 Å². The largest absolute Gasteiger partial charge is 0.328 e. The van der Waals surface area contributed by atoms with E-state index in [0.717, 1.165) is 13.0 Å². The van der Waals surface area contributed by atoms with Gasteiger partial charge in [0.05, 0.1) is 0 Å². The average Bonchev–Trinajstić information content (AvgIpc) is 2.35. The number of nitrogens with one attached hydrogen (secondary N) is 1. The Morgan fingerprint density at radius 1 is 1.44 bits per heavy atom. The third-order valence-electron chi connectivity index (χ3n) is 3.63. The molecule has 6 nitrogen and oxygen atoms in total. The summed E-state index contributed by atoms with van der Waals surface area (Å²) in [5.74, 6) is 0. The number of piperidine rings is 1. The van der Waals surface area contributed by atoms with E-state index in [4.69, 9.17) is 5.73 Å². The van der Waals surface area contributed by atoms with Crippen molar-refractivity contribution in [1.82, 2.24) is 14.5 Å². The maximum Gasteiger partial charge on any atom is 0.328 e. The van der Waals surface area contributed by atoms with Gasteiger partial charge in [0, 0.05) is 30.9 Å². The molecule has 2 heterocycles. The van der Waals surface area contributed by atoms with Crippen LogP contribution in [-0.4, -0.2) is 34.1 Å². The smallest absolute Gasteiger partial charge is 0.326 e. The minimum atomic E-state index is -0.379. The maximum atomic E-state index is 11.7. The van der Waals surface area contributed by atoms with Gasteiger partial charge in [-0.1, -0.05) is 6.42 Å². The van der Waals surface area contributed by atoms with Gasteiger partial charge in [-0.05, 0) is 26.4 Å². The van der Waals surface area contributed by atoms with E-state index in [1.54, 1.807) is 10.8 Å². The molecule has 0 saturated carbocycles. The highest BCUT2D eigenvalue weighted by molar-refractivity contribution is 5.03. The van der Waals surface area contributed by atoms with Crippen LogP contribution >= 0.6 is 0 Å². The van der Waals surface area contributed by atoms with Crippen molar-refractivity contribution in [2.75, 3.05) is 13.6 Å². The van der Waals surface area contributed by atoms with Crippen LogP contribution in [0, 0.1) is 0 Å². The van der Waals surface area contributed by atoms with Gasteiger partial charge < -0.3 is 10.6 Å². The molecular weight excluding hydrogens is 232 g/mol. The minimum absolute atomic E-state index is 0.149. The maximum absolute atomic E-state index is 11.7. The van der Waals surface area contributed by atoms with Crippen molar-refractivity contribution in [2.24, 2.45) is 5.73 Å². The van der Waals surface area contributed by atoms with Gasteiger partial charge in [-0.3, -0.25) is 14.3 Å². The van der Waals surface area contributed by atoms with Crippen molar-refractivity contribution in [3.8, 4) is 0 Å². The molecule has 1 fully saturated rings. The molecule has 0 spiro atoms. The van der Waals surface area contributed by atoms with Gasteiger partial charge in [-0.2, -0.15) is 0 Å². The molecule has 1 atom stereocenters. The predicted octanol–water partition coefficient (Wildman–Crippen LogP) is -0.520. The Balaban J connectivity index is 2.23. The highest BCUT2D eigenvalue weighted by Gasteiger charge is 2.19. The zero-order chi connectivity index (χ0) is 13.1. The Bertz CT molecular complexity index is 520. The van der Waals surface area contributed by atoms with Crippen LogP contribution in [0.4, 0.5) is 0 Å². The van der Waals surface area contributed by atoms with Crippen molar-refractivity contribution in [2.45, 2.75) is 38.4 Å². The lowest BCUT2D eigenvalue weighted by molar-refractivity contribution is 0.165. The second-order valence-electron chi connectivity index (χ2n) is 4.90. The third kappa shape index (κ3) is 2.70. The van der Waals surface area contributed by atoms with Crippen molar-refractivity contribution in [3.63, 3.8) is 0 Å². The third-order valence-corrected chi connectivity index (χ3v) is 3.63. The number of nitrogens with zero attached hydrogens (tertiary/aromatic N) is 2. The first-order valence-corrected chi connectivity index (χ1v) is 6.34. The molecule has 18 heavy (non-hydrogen) atoms. The first-order valence-electron chi connectivity index (χ1n) is 6.34. The number of likely N-dealkylation sites (tertiary alicyclic amines) is 1. The lowest BCUT2D eigenvalue weighted by atomic mass is 10.0. The van der Waals surface area contributed by atoms with Gasteiger partial charge in [0.1, 0.15) is 0 Å². The molecule has 0 bridgehead atoms. The zero-order valence-electron chi connectivity index (χ0n) is 10.7. The van der Waals surface area contributed by atoms with E-state index in [0.29, 0.717) is 18.2 Å². The summed E-state index contributed by atoms with van der Waals surface area (Å²) in [5, 5.41) is 0. The number of aromatic nitrogens is 2. The number of H-pyrrole nitrogens is 1. The SMILES string of the molecule is CN1CCCCC1Cn1cc(CN)c(=O)[nH]c1=O. The number of hydrogen-bond donors (Lipinski definition) is 2. The molecule has 100 valence electrons. The Morgan fingerprint density at radius 2 is 2.22 bits per heavy atom. The van der Waals surface area contributed by atoms with E-state index >= 15 is 0 Å². The van der Waals surface area contributed by atoms with E-state index in [-0.39, 0.29) is 17.8 Å². The highest BCUT2D eigenvalue weighted by atomic mass is 16.2. The van der Waals surface area contributed by atoms with Crippen molar-refractivity contribution in [1.29, 1.82) is 0 Å². The van der Waals surface area contributed by atoms with Crippen LogP contribution in [0.3, 0.4) is 0 Å². The van der Waals surface area contributed by atoms with E-state index in [9.17, 15) is 9.59 Å². The van der Waals surface area contributed by atoms with Crippen LogP contribution < -0.4 is 17.0 Å². The van der Waals surface area contributed by atoms with Crippen molar-refractivity contribution in [3.05, 3.63) is 32.6 Å². The van der Waals surface area contributed by atoms with Gasteiger partial charge in [0.25, 0.3) is 5.56 Å². The fourth-order valence-corrected chi connectivity index (χ4v) is 2.44. The fourth-order valence-electron chi connectivity index (χ4n) is 2.44. The Kier molecular flexibility index (Phi) is 3.98. The Morgan fingerprint density at radius 3 is 2.89 bits per heavy atom. The molecule has 3 N–H and O–H groups in total. The summed E-state index contributed by atoms with van der Waals surface area (Å²) in [4.78, 5) is 27.7.